The molecule has 0 spiro atoms. The maximum absolute atomic E-state index is 13.0. The molecule has 0 aliphatic carbocycles. The van der Waals surface area contributed by atoms with Gasteiger partial charge in [0, 0.05) is 15.6 Å². The number of halogens is 2. The standard InChI is InChI=1S/C22H20Cl2N2O4S/c1-3-30-21-12-11-17(31(28,29)26-19-6-4-5-18(24)14(19)2)13-20(21)25-22(27)15-7-9-16(23)10-8-15/h4-13,26H,3H2,1-2H3,(H,25,27). The summed E-state index contributed by atoms with van der Waals surface area (Å²) in [5, 5.41) is 3.66. The van der Waals surface area contributed by atoms with E-state index in [-0.39, 0.29) is 10.6 Å². The Morgan fingerprint density at radius 1 is 1.00 bits per heavy atom. The Morgan fingerprint density at radius 3 is 2.39 bits per heavy atom. The fraction of sp³-hybridized carbons (Fsp3) is 0.136. The van der Waals surface area contributed by atoms with Gasteiger partial charge in [0.2, 0.25) is 0 Å². The highest BCUT2D eigenvalue weighted by Gasteiger charge is 2.19. The van der Waals surface area contributed by atoms with Crippen molar-refractivity contribution in [1.82, 2.24) is 0 Å². The molecule has 0 bridgehead atoms. The molecule has 0 atom stereocenters. The number of carbonyl (C=O) groups excluding carboxylic acids is 1. The summed E-state index contributed by atoms with van der Waals surface area (Å²) in [5.41, 5.74) is 1.57. The molecule has 1 amide bonds. The number of nitrogens with one attached hydrogen (secondary N) is 2. The number of carbonyl (C=O) groups is 1. The Kier molecular flexibility index (Phi) is 7.10. The van der Waals surface area contributed by atoms with E-state index in [0.717, 1.165) is 0 Å². The number of sulfonamides is 1. The number of hydrogen-bond acceptors (Lipinski definition) is 4. The first kappa shape index (κ1) is 22.9. The zero-order valence-electron chi connectivity index (χ0n) is 16.8. The first-order chi connectivity index (χ1) is 14.7. The van der Waals surface area contributed by atoms with E-state index >= 15 is 0 Å². The maximum atomic E-state index is 13.0. The molecule has 0 saturated heterocycles. The molecule has 0 heterocycles. The van der Waals surface area contributed by atoms with Crippen LogP contribution < -0.4 is 14.8 Å². The summed E-state index contributed by atoms with van der Waals surface area (Å²) in [4.78, 5) is 12.6. The van der Waals surface area contributed by atoms with E-state index in [1.807, 2.05) is 0 Å². The van der Waals surface area contributed by atoms with Crippen molar-refractivity contribution in [3.05, 3.63) is 81.8 Å². The summed E-state index contributed by atoms with van der Waals surface area (Å²) in [6.45, 7) is 3.85. The summed E-state index contributed by atoms with van der Waals surface area (Å²) in [6.07, 6.45) is 0. The fourth-order valence-corrected chi connectivity index (χ4v) is 4.22. The Balaban J connectivity index is 1.94. The molecule has 3 rings (SSSR count). The van der Waals surface area contributed by atoms with E-state index in [0.29, 0.717) is 39.2 Å². The van der Waals surface area contributed by atoms with Crippen molar-refractivity contribution >= 4 is 50.5 Å². The van der Waals surface area contributed by atoms with Gasteiger partial charge in [-0.25, -0.2) is 8.42 Å². The summed E-state index contributed by atoms with van der Waals surface area (Å²) < 4.78 is 34.0. The number of ether oxygens (including phenoxy) is 1. The highest BCUT2D eigenvalue weighted by atomic mass is 35.5. The molecule has 0 aliphatic heterocycles. The van der Waals surface area contributed by atoms with Crippen molar-refractivity contribution < 1.29 is 17.9 Å². The molecule has 9 heteroatoms. The summed E-state index contributed by atoms with van der Waals surface area (Å²) in [6, 6.07) is 15.5. The van der Waals surface area contributed by atoms with Crippen molar-refractivity contribution in [2.75, 3.05) is 16.6 Å². The molecular formula is C22H20Cl2N2O4S. The van der Waals surface area contributed by atoms with Crippen molar-refractivity contribution in [2.24, 2.45) is 0 Å². The summed E-state index contributed by atoms with van der Waals surface area (Å²) in [7, 11) is -3.95. The van der Waals surface area contributed by atoms with Crippen LogP contribution in [0, 0.1) is 6.92 Å². The van der Waals surface area contributed by atoms with Crippen LogP contribution in [0.5, 0.6) is 5.75 Å². The van der Waals surface area contributed by atoms with Gasteiger partial charge in [0.15, 0.2) is 0 Å². The van der Waals surface area contributed by atoms with E-state index in [1.54, 1.807) is 56.3 Å². The van der Waals surface area contributed by atoms with Gasteiger partial charge in [-0.1, -0.05) is 29.3 Å². The molecule has 6 nitrogen and oxygen atoms in total. The zero-order valence-corrected chi connectivity index (χ0v) is 19.1. The third kappa shape index (κ3) is 5.50. The van der Waals surface area contributed by atoms with Crippen LogP contribution in [0.15, 0.2) is 65.6 Å². The van der Waals surface area contributed by atoms with Crippen LogP contribution in [-0.4, -0.2) is 20.9 Å². The number of amides is 1. The molecular weight excluding hydrogens is 459 g/mol. The van der Waals surface area contributed by atoms with Gasteiger partial charge in [0.1, 0.15) is 5.75 Å². The number of rotatable bonds is 7. The van der Waals surface area contributed by atoms with Crippen molar-refractivity contribution in [3.8, 4) is 5.75 Å². The van der Waals surface area contributed by atoms with Crippen molar-refractivity contribution in [2.45, 2.75) is 18.7 Å². The Labute approximate surface area is 191 Å². The quantitative estimate of drug-likeness (QED) is 0.452. The third-order valence-corrected chi connectivity index (χ3v) is 6.45. The minimum Gasteiger partial charge on any atom is -0.492 e. The first-order valence-electron chi connectivity index (χ1n) is 9.33. The molecule has 31 heavy (non-hydrogen) atoms. The highest BCUT2D eigenvalue weighted by Crippen LogP contribution is 2.31. The van der Waals surface area contributed by atoms with Crippen LogP contribution in [0.3, 0.4) is 0 Å². The molecule has 3 aromatic rings. The van der Waals surface area contributed by atoms with Gasteiger partial charge < -0.3 is 10.1 Å². The smallest absolute Gasteiger partial charge is 0.261 e. The van der Waals surface area contributed by atoms with Crippen LogP contribution in [0.4, 0.5) is 11.4 Å². The van der Waals surface area contributed by atoms with Crippen LogP contribution in [-0.2, 0) is 10.0 Å². The van der Waals surface area contributed by atoms with Crippen LogP contribution in [0.2, 0.25) is 10.0 Å². The second kappa shape index (κ2) is 9.60. The molecule has 0 fully saturated rings. The summed E-state index contributed by atoms with van der Waals surface area (Å²) >= 11 is 12.0. The normalized spacial score (nSPS) is 11.1. The molecule has 3 aromatic carbocycles. The van der Waals surface area contributed by atoms with Crippen LogP contribution in [0.25, 0.3) is 0 Å². The lowest BCUT2D eigenvalue weighted by Gasteiger charge is -2.15. The first-order valence-corrected chi connectivity index (χ1v) is 11.6. The van der Waals surface area contributed by atoms with E-state index < -0.39 is 15.9 Å². The third-order valence-electron chi connectivity index (χ3n) is 4.43. The minimum atomic E-state index is -3.95. The molecule has 0 saturated carbocycles. The van der Waals surface area contributed by atoms with Crippen molar-refractivity contribution in [3.63, 3.8) is 0 Å². The van der Waals surface area contributed by atoms with E-state index in [4.69, 9.17) is 27.9 Å². The second-order valence-corrected chi connectivity index (χ2v) is 9.10. The molecule has 0 radical (unpaired) electrons. The molecule has 0 aliphatic rings. The molecule has 2 N–H and O–H groups in total. The van der Waals surface area contributed by atoms with E-state index in [9.17, 15) is 13.2 Å². The lowest BCUT2D eigenvalue weighted by atomic mass is 10.2. The van der Waals surface area contributed by atoms with Gasteiger partial charge >= 0.3 is 0 Å². The Morgan fingerprint density at radius 2 is 1.71 bits per heavy atom. The fourth-order valence-electron chi connectivity index (χ4n) is 2.77. The van der Waals surface area contributed by atoms with Crippen LogP contribution in [0.1, 0.15) is 22.8 Å². The number of anilines is 2. The van der Waals surface area contributed by atoms with Gasteiger partial charge in [-0.2, -0.15) is 0 Å². The van der Waals surface area contributed by atoms with Gasteiger partial charge in [0.05, 0.1) is 22.9 Å². The summed E-state index contributed by atoms with van der Waals surface area (Å²) in [5.74, 6) is -0.0755. The molecule has 0 aromatic heterocycles. The average Bonchev–Trinajstić information content (AvgIpc) is 2.73. The van der Waals surface area contributed by atoms with E-state index in [2.05, 4.69) is 10.0 Å². The number of benzene rings is 3. The topological polar surface area (TPSA) is 84.5 Å². The maximum Gasteiger partial charge on any atom is 0.261 e. The zero-order chi connectivity index (χ0) is 22.6. The van der Waals surface area contributed by atoms with Gasteiger partial charge in [-0.15, -0.1) is 0 Å². The minimum absolute atomic E-state index is 0.0401. The lowest BCUT2D eigenvalue weighted by Crippen LogP contribution is -2.16. The SMILES string of the molecule is CCOc1ccc(S(=O)(=O)Nc2cccc(Cl)c2C)cc1NC(=O)c1ccc(Cl)cc1. The van der Waals surface area contributed by atoms with Gasteiger partial charge in [-0.3, -0.25) is 9.52 Å². The highest BCUT2D eigenvalue weighted by molar-refractivity contribution is 7.92. The Bertz CT molecular complexity index is 1210. The van der Waals surface area contributed by atoms with Gasteiger partial charge in [-0.05, 0) is 74.0 Å². The monoisotopic (exact) mass is 478 g/mol. The lowest BCUT2D eigenvalue weighted by molar-refractivity contribution is 0.102. The van der Waals surface area contributed by atoms with Crippen LogP contribution >= 0.6 is 23.2 Å². The predicted molar refractivity (Wildman–Crippen MR) is 124 cm³/mol. The number of hydrogen-bond donors (Lipinski definition) is 2. The largest absolute Gasteiger partial charge is 0.492 e. The average molecular weight is 479 g/mol. The Hall–Kier alpha value is -2.74. The van der Waals surface area contributed by atoms with E-state index in [1.165, 1.54) is 18.2 Å². The van der Waals surface area contributed by atoms with Gasteiger partial charge in [0.25, 0.3) is 15.9 Å². The molecule has 162 valence electrons. The predicted octanol–water partition coefficient (Wildman–Crippen LogP) is 5.75. The second-order valence-electron chi connectivity index (χ2n) is 6.57. The van der Waals surface area contributed by atoms with Crippen molar-refractivity contribution in [1.29, 1.82) is 0 Å². The molecule has 0 unspecified atom stereocenters.